The lowest BCUT2D eigenvalue weighted by Crippen LogP contribution is -2.57. The summed E-state index contributed by atoms with van der Waals surface area (Å²) in [5.74, 6) is 1.70. The molecule has 36 heavy (non-hydrogen) atoms. The highest BCUT2D eigenvalue weighted by molar-refractivity contribution is 6.31. The summed E-state index contributed by atoms with van der Waals surface area (Å²) >= 11 is 6.49. The molecule has 4 atom stereocenters. The predicted octanol–water partition coefficient (Wildman–Crippen LogP) is 4.78. The van der Waals surface area contributed by atoms with Crippen LogP contribution in [0.1, 0.15) is 74.7 Å². The number of hydrogen-bond donors (Lipinski definition) is 3. The molecule has 1 saturated carbocycles. The van der Waals surface area contributed by atoms with Gasteiger partial charge in [-0.1, -0.05) is 50.6 Å². The van der Waals surface area contributed by atoms with Crippen LogP contribution in [-0.4, -0.2) is 51.1 Å². The molecule has 3 aliphatic rings. The van der Waals surface area contributed by atoms with Gasteiger partial charge in [-0.05, 0) is 81.1 Å². The van der Waals surface area contributed by atoms with Gasteiger partial charge in [0.15, 0.2) is 0 Å². The fourth-order valence-electron chi connectivity index (χ4n) is 7.17. The van der Waals surface area contributed by atoms with Crippen LogP contribution in [0.5, 0.6) is 0 Å². The van der Waals surface area contributed by atoms with Crippen LogP contribution in [0.15, 0.2) is 12.1 Å². The third-order valence-corrected chi connectivity index (χ3v) is 9.41. The van der Waals surface area contributed by atoms with Gasteiger partial charge in [-0.2, -0.15) is 0 Å². The fraction of sp³-hybridized carbons (Fsp3) is 0.724. The van der Waals surface area contributed by atoms with Crippen molar-refractivity contribution in [1.82, 2.24) is 16.0 Å². The molecule has 0 radical (unpaired) electrons. The van der Waals surface area contributed by atoms with Crippen LogP contribution in [0.4, 0.5) is 5.69 Å². The number of benzene rings is 1. The van der Waals surface area contributed by atoms with Gasteiger partial charge in [0.05, 0.1) is 5.92 Å². The van der Waals surface area contributed by atoms with Crippen molar-refractivity contribution >= 4 is 29.1 Å². The first-order valence-corrected chi connectivity index (χ1v) is 14.4. The SMILES string of the molecule is Cc1c(C(=O)NCC2C(=O)NC(C)C(C3CCCCC3)C2C)cc(Cl)cc1N(C)CC1CCNCC1. The van der Waals surface area contributed by atoms with Crippen molar-refractivity contribution in [1.29, 1.82) is 0 Å². The van der Waals surface area contributed by atoms with Gasteiger partial charge in [-0.25, -0.2) is 0 Å². The minimum absolute atomic E-state index is 0.0626. The van der Waals surface area contributed by atoms with Gasteiger partial charge in [0, 0.05) is 42.5 Å². The Balaban J connectivity index is 1.43. The van der Waals surface area contributed by atoms with Crippen molar-refractivity contribution in [3.63, 3.8) is 0 Å². The largest absolute Gasteiger partial charge is 0.374 e. The Morgan fingerprint density at radius 1 is 1.11 bits per heavy atom. The van der Waals surface area contributed by atoms with E-state index in [1.165, 1.54) is 44.9 Å². The molecule has 4 rings (SSSR count). The van der Waals surface area contributed by atoms with E-state index >= 15 is 0 Å². The van der Waals surface area contributed by atoms with Gasteiger partial charge >= 0.3 is 0 Å². The van der Waals surface area contributed by atoms with E-state index in [-0.39, 0.29) is 29.7 Å². The molecule has 1 aromatic rings. The van der Waals surface area contributed by atoms with Gasteiger partial charge in [0.2, 0.25) is 5.91 Å². The predicted molar refractivity (Wildman–Crippen MR) is 148 cm³/mol. The molecule has 6 nitrogen and oxygen atoms in total. The Kier molecular flexibility index (Phi) is 9.21. The second kappa shape index (κ2) is 12.2. The lowest BCUT2D eigenvalue weighted by atomic mass is 9.66. The normalized spacial score (nSPS) is 28.0. The zero-order chi connectivity index (χ0) is 25.8. The molecule has 0 aromatic heterocycles. The maximum Gasteiger partial charge on any atom is 0.251 e. The summed E-state index contributed by atoms with van der Waals surface area (Å²) in [6.45, 7) is 9.79. The number of carbonyl (C=O) groups is 2. The van der Waals surface area contributed by atoms with E-state index in [1.54, 1.807) is 6.07 Å². The average molecular weight is 517 g/mol. The first-order chi connectivity index (χ1) is 17.3. The Labute approximate surface area is 222 Å². The molecule has 4 unspecified atom stereocenters. The maximum atomic E-state index is 13.4. The minimum Gasteiger partial charge on any atom is -0.374 e. The standard InChI is InChI=1S/C29H45ClN4O2/c1-18-24(14-23(30)15-26(18)34(4)17-21-10-12-31-13-11-21)28(35)32-16-25-19(2)27(20(3)33-29(25)36)22-8-6-5-7-9-22/h14-15,19-22,25,27,31H,5-13,16-17H2,1-4H3,(H,32,35)(H,33,36). The van der Waals surface area contributed by atoms with E-state index in [0.717, 1.165) is 30.9 Å². The van der Waals surface area contributed by atoms with Gasteiger partial charge in [-0.15, -0.1) is 0 Å². The summed E-state index contributed by atoms with van der Waals surface area (Å²) in [5, 5.41) is 10.3. The Bertz CT molecular complexity index is 926. The molecule has 2 saturated heterocycles. The number of hydrogen-bond acceptors (Lipinski definition) is 4. The molecule has 1 aliphatic carbocycles. The number of carbonyl (C=O) groups excluding carboxylic acids is 2. The van der Waals surface area contributed by atoms with Crippen LogP contribution in [0.25, 0.3) is 0 Å². The van der Waals surface area contributed by atoms with Gasteiger partial charge < -0.3 is 20.9 Å². The highest BCUT2D eigenvalue weighted by Crippen LogP contribution is 2.40. The molecule has 7 heteroatoms. The van der Waals surface area contributed by atoms with E-state index in [1.807, 2.05) is 13.0 Å². The second-order valence-corrected chi connectivity index (χ2v) is 12.1. The smallest absolute Gasteiger partial charge is 0.251 e. The molecule has 1 aromatic carbocycles. The van der Waals surface area contributed by atoms with Gasteiger partial charge in [-0.3, -0.25) is 9.59 Å². The Hall–Kier alpha value is -1.79. The summed E-state index contributed by atoms with van der Waals surface area (Å²) in [6, 6.07) is 3.91. The lowest BCUT2D eigenvalue weighted by molar-refractivity contribution is -0.133. The fourth-order valence-corrected chi connectivity index (χ4v) is 7.38. The molecule has 0 spiro atoms. The highest BCUT2D eigenvalue weighted by atomic mass is 35.5. The van der Waals surface area contributed by atoms with Crippen LogP contribution in [0.3, 0.4) is 0 Å². The number of anilines is 1. The quantitative estimate of drug-likeness (QED) is 0.487. The average Bonchev–Trinajstić information content (AvgIpc) is 2.86. The van der Waals surface area contributed by atoms with E-state index in [4.69, 9.17) is 11.6 Å². The van der Waals surface area contributed by atoms with Crippen molar-refractivity contribution in [2.45, 2.75) is 71.8 Å². The maximum absolute atomic E-state index is 13.4. The molecule has 2 amide bonds. The summed E-state index contributed by atoms with van der Waals surface area (Å²) in [4.78, 5) is 28.5. The van der Waals surface area contributed by atoms with E-state index in [2.05, 4.69) is 41.7 Å². The van der Waals surface area contributed by atoms with E-state index in [0.29, 0.717) is 34.9 Å². The minimum atomic E-state index is -0.210. The number of rotatable bonds is 7. The van der Waals surface area contributed by atoms with Crippen LogP contribution in [0.2, 0.25) is 5.02 Å². The first kappa shape index (κ1) is 27.3. The molecular weight excluding hydrogens is 472 g/mol. The van der Waals surface area contributed by atoms with Crippen LogP contribution >= 0.6 is 11.6 Å². The van der Waals surface area contributed by atoms with Crippen LogP contribution in [0, 0.1) is 36.5 Å². The van der Waals surface area contributed by atoms with Crippen molar-refractivity contribution in [2.75, 3.05) is 38.1 Å². The van der Waals surface area contributed by atoms with Crippen LogP contribution in [-0.2, 0) is 4.79 Å². The number of amides is 2. The molecule has 3 fully saturated rings. The van der Waals surface area contributed by atoms with Crippen molar-refractivity contribution in [2.24, 2.45) is 29.6 Å². The Morgan fingerprint density at radius 2 is 1.81 bits per heavy atom. The lowest BCUT2D eigenvalue weighted by Gasteiger charge is -2.45. The van der Waals surface area contributed by atoms with E-state index < -0.39 is 0 Å². The highest BCUT2D eigenvalue weighted by Gasteiger charge is 2.43. The Morgan fingerprint density at radius 3 is 2.50 bits per heavy atom. The second-order valence-electron chi connectivity index (χ2n) is 11.6. The topological polar surface area (TPSA) is 73.5 Å². The third kappa shape index (κ3) is 6.19. The molecule has 2 heterocycles. The van der Waals surface area contributed by atoms with E-state index in [9.17, 15) is 9.59 Å². The first-order valence-electron chi connectivity index (χ1n) is 14.1. The van der Waals surface area contributed by atoms with Gasteiger partial charge in [0.25, 0.3) is 5.91 Å². The molecule has 200 valence electrons. The molecule has 2 aliphatic heterocycles. The van der Waals surface area contributed by atoms with Crippen LogP contribution < -0.4 is 20.9 Å². The number of nitrogens with zero attached hydrogens (tertiary/aromatic N) is 1. The molecule has 0 bridgehead atoms. The summed E-state index contributed by atoms with van der Waals surface area (Å²) in [6.07, 6.45) is 8.74. The number of nitrogens with one attached hydrogen (secondary N) is 3. The number of halogens is 1. The van der Waals surface area contributed by atoms with Gasteiger partial charge in [0.1, 0.15) is 0 Å². The zero-order valence-corrected chi connectivity index (χ0v) is 23.3. The van der Waals surface area contributed by atoms with Crippen molar-refractivity contribution in [3.05, 3.63) is 28.3 Å². The van der Waals surface area contributed by atoms with Crippen molar-refractivity contribution < 1.29 is 9.59 Å². The number of piperidine rings is 2. The molecule has 3 N–H and O–H groups in total. The zero-order valence-electron chi connectivity index (χ0n) is 22.5. The third-order valence-electron chi connectivity index (χ3n) is 9.19. The summed E-state index contributed by atoms with van der Waals surface area (Å²) in [5.41, 5.74) is 2.53. The summed E-state index contributed by atoms with van der Waals surface area (Å²) in [7, 11) is 2.09. The summed E-state index contributed by atoms with van der Waals surface area (Å²) < 4.78 is 0. The molecular formula is C29H45ClN4O2. The van der Waals surface area contributed by atoms with Crippen molar-refractivity contribution in [3.8, 4) is 0 Å². The monoisotopic (exact) mass is 516 g/mol.